The Labute approximate surface area is 109 Å². The summed E-state index contributed by atoms with van der Waals surface area (Å²) in [4.78, 5) is 2.38. The van der Waals surface area contributed by atoms with Crippen LogP contribution in [0, 0.1) is 17.2 Å². The second-order valence-electron chi connectivity index (χ2n) is 6.01. The van der Waals surface area contributed by atoms with Gasteiger partial charge in [0.1, 0.15) is 0 Å². The van der Waals surface area contributed by atoms with Crippen LogP contribution in [0.4, 0.5) is 0 Å². The molecule has 1 aromatic rings. The molecule has 0 amide bonds. The summed E-state index contributed by atoms with van der Waals surface area (Å²) in [5.41, 5.74) is 3.34. The molecule has 18 heavy (non-hydrogen) atoms. The molecule has 2 nitrogen and oxygen atoms in total. The zero-order chi connectivity index (χ0) is 12.8. The van der Waals surface area contributed by atoms with Crippen molar-refractivity contribution in [2.45, 2.75) is 38.1 Å². The van der Waals surface area contributed by atoms with Crippen LogP contribution in [0.1, 0.15) is 31.4 Å². The van der Waals surface area contributed by atoms with E-state index in [0.717, 1.165) is 13.0 Å². The maximum atomic E-state index is 8.97. The van der Waals surface area contributed by atoms with Crippen molar-refractivity contribution in [1.29, 1.82) is 5.26 Å². The van der Waals surface area contributed by atoms with Crippen molar-refractivity contribution in [3.05, 3.63) is 35.4 Å². The number of nitriles is 1. The average molecular weight is 240 g/mol. The molecule has 1 aliphatic heterocycles. The number of rotatable bonds is 1. The molecular formula is C16H20N2. The third-order valence-electron chi connectivity index (χ3n) is 5.31. The zero-order valence-corrected chi connectivity index (χ0v) is 11.2. The van der Waals surface area contributed by atoms with Gasteiger partial charge >= 0.3 is 0 Å². The molecule has 1 aliphatic carbocycles. The lowest BCUT2D eigenvalue weighted by molar-refractivity contribution is 0.0410. The lowest BCUT2D eigenvalue weighted by atomic mass is 9.59. The fourth-order valence-corrected chi connectivity index (χ4v) is 3.96. The molecule has 0 aromatic heterocycles. The predicted molar refractivity (Wildman–Crippen MR) is 72.3 cm³/mol. The van der Waals surface area contributed by atoms with Gasteiger partial charge in [-0.2, -0.15) is 5.26 Å². The van der Waals surface area contributed by atoms with E-state index in [-0.39, 0.29) is 0 Å². The first-order chi connectivity index (χ1) is 8.66. The lowest BCUT2D eigenvalue weighted by Crippen LogP contribution is -2.57. The van der Waals surface area contributed by atoms with Crippen LogP contribution in [-0.4, -0.2) is 24.0 Å². The van der Waals surface area contributed by atoms with E-state index in [0.29, 0.717) is 23.9 Å². The monoisotopic (exact) mass is 240 g/mol. The second-order valence-corrected chi connectivity index (χ2v) is 6.01. The van der Waals surface area contributed by atoms with Crippen LogP contribution in [0.25, 0.3) is 0 Å². The first-order valence-corrected chi connectivity index (χ1v) is 6.86. The number of hydrogen-bond acceptors (Lipinski definition) is 2. The summed E-state index contributed by atoms with van der Waals surface area (Å²) in [6, 6.07) is 11.7. The highest BCUT2D eigenvalue weighted by Crippen LogP contribution is 2.48. The maximum Gasteiger partial charge on any atom is 0.0868 e. The number of nitrogens with zero attached hydrogens (tertiary/aromatic N) is 2. The van der Waals surface area contributed by atoms with Gasteiger partial charge in [0.2, 0.25) is 0 Å². The van der Waals surface area contributed by atoms with Gasteiger partial charge in [-0.3, -0.25) is 4.90 Å². The predicted octanol–water partition coefficient (Wildman–Crippen LogP) is 2.73. The molecule has 1 fully saturated rings. The van der Waals surface area contributed by atoms with Crippen LogP contribution in [0.5, 0.6) is 0 Å². The molecule has 3 rings (SSSR count). The molecular weight excluding hydrogens is 220 g/mol. The van der Waals surface area contributed by atoms with Gasteiger partial charge in [0.05, 0.1) is 12.6 Å². The smallest absolute Gasteiger partial charge is 0.0868 e. The van der Waals surface area contributed by atoms with Crippen molar-refractivity contribution >= 4 is 0 Å². The Hall–Kier alpha value is -1.33. The van der Waals surface area contributed by atoms with Crippen molar-refractivity contribution in [1.82, 2.24) is 4.90 Å². The van der Waals surface area contributed by atoms with Crippen molar-refractivity contribution in [3.63, 3.8) is 0 Å². The Morgan fingerprint density at radius 3 is 3.00 bits per heavy atom. The Bertz CT molecular complexity index is 502. The first kappa shape index (κ1) is 11.7. The minimum Gasteiger partial charge on any atom is -0.287 e. The molecule has 1 aromatic carbocycles. The van der Waals surface area contributed by atoms with E-state index in [4.69, 9.17) is 5.26 Å². The minimum absolute atomic E-state index is 0.297. The standard InChI is InChI=1S/C16H20N2/c1-12-15-11-13-5-3-4-6-14(13)16(12,2)7-9-18(15)10-8-17/h3-6,12,15H,7,9-11H2,1-2H3. The SMILES string of the molecule is CC1C2Cc3ccccc3C1(C)CCN2CC#N. The molecule has 1 saturated heterocycles. The van der Waals surface area contributed by atoms with E-state index in [1.165, 1.54) is 12.0 Å². The van der Waals surface area contributed by atoms with Gasteiger partial charge in [0.25, 0.3) is 0 Å². The van der Waals surface area contributed by atoms with Crippen molar-refractivity contribution < 1.29 is 0 Å². The molecule has 3 atom stereocenters. The van der Waals surface area contributed by atoms with Gasteiger partial charge in [-0.15, -0.1) is 0 Å². The van der Waals surface area contributed by atoms with Crippen LogP contribution >= 0.6 is 0 Å². The largest absolute Gasteiger partial charge is 0.287 e. The zero-order valence-electron chi connectivity index (χ0n) is 11.2. The van der Waals surface area contributed by atoms with Crippen LogP contribution in [0.2, 0.25) is 0 Å². The highest BCUT2D eigenvalue weighted by molar-refractivity contribution is 5.39. The molecule has 2 bridgehead atoms. The number of hydrogen-bond donors (Lipinski definition) is 0. The fraction of sp³-hybridized carbons (Fsp3) is 0.562. The molecule has 0 spiro atoms. The Morgan fingerprint density at radius 1 is 1.44 bits per heavy atom. The van der Waals surface area contributed by atoms with E-state index >= 15 is 0 Å². The van der Waals surface area contributed by atoms with E-state index in [2.05, 4.69) is 49.1 Å². The summed E-state index contributed by atoms with van der Waals surface area (Å²) in [6.45, 7) is 6.41. The van der Waals surface area contributed by atoms with E-state index in [1.54, 1.807) is 5.56 Å². The summed E-state index contributed by atoms with van der Waals surface area (Å²) >= 11 is 0. The third-order valence-corrected chi connectivity index (χ3v) is 5.31. The minimum atomic E-state index is 0.297. The Kier molecular flexibility index (Phi) is 2.68. The highest BCUT2D eigenvalue weighted by Gasteiger charge is 2.47. The van der Waals surface area contributed by atoms with Crippen molar-refractivity contribution in [2.24, 2.45) is 5.92 Å². The fourth-order valence-electron chi connectivity index (χ4n) is 3.96. The first-order valence-electron chi connectivity index (χ1n) is 6.86. The van der Waals surface area contributed by atoms with Crippen LogP contribution < -0.4 is 0 Å². The normalized spacial score (nSPS) is 34.7. The Morgan fingerprint density at radius 2 is 2.22 bits per heavy atom. The summed E-state index contributed by atoms with van der Waals surface area (Å²) in [7, 11) is 0. The molecule has 2 heteroatoms. The maximum absolute atomic E-state index is 8.97. The number of benzene rings is 1. The molecule has 0 radical (unpaired) electrons. The van der Waals surface area contributed by atoms with Gasteiger partial charge in [0.15, 0.2) is 0 Å². The van der Waals surface area contributed by atoms with Gasteiger partial charge in [0, 0.05) is 12.6 Å². The quantitative estimate of drug-likeness (QED) is 0.706. The lowest BCUT2D eigenvalue weighted by Gasteiger charge is -2.54. The molecule has 0 N–H and O–H groups in total. The molecule has 3 unspecified atom stereocenters. The highest BCUT2D eigenvalue weighted by atomic mass is 15.2. The number of piperidine rings is 1. The van der Waals surface area contributed by atoms with Gasteiger partial charge in [-0.1, -0.05) is 38.1 Å². The second kappa shape index (κ2) is 4.10. The molecule has 1 heterocycles. The van der Waals surface area contributed by atoms with Crippen LogP contribution in [-0.2, 0) is 11.8 Å². The summed E-state index contributed by atoms with van der Waals surface area (Å²) in [5, 5.41) is 8.97. The van der Waals surface area contributed by atoms with Crippen molar-refractivity contribution in [3.8, 4) is 6.07 Å². The van der Waals surface area contributed by atoms with E-state index in [1.807, 2.05) is 0 Å². The number of fused-ring (bicyclic) bond motifs is 4. The molecule has 94 valence electrons. The topological polar surface area (TPSA) is 27.0 Å². The molecule has 0 saturated carbocycles. The van der Waals surface area contributed by atoms with Gasteiger partial charge in [-0.25, -0.2) is 0 Å². The van der Waals surface area contributed by atoms with Crippen molar-refractivity contribution in [2.75, 3.05) is 13.1 Å². The third kappa shape index (κ3) is 1.51. The van der Waals surface area contributed by atoms with Crippen LogP contribution in [0.3, 0.4) is 0 Å². The van der Waals surface area contributed by atoms with Crippen LogP contribution in [0.15, 0.2) is 24.3 Å². The number of likely N-dealkylation sites (tertiary alicyclic amines) is 1. The van der Waals surface area contributed by atoms with E-state index < -0.39 is 0 Å². The summed E-state index contributed by atoms with van der Waals surface area (Å²) in [5.74, 6) is 0.634. The Balaban J connectivity index is 2.05. The van der Waals surface area contributed by atoms with Gasteiger partial charge < -0.3 is 0 Å². The average Bonchev–Trinajstić information content (AvgIpc) is 2.37. The molecule has 2 aliphatic rings. The summed E-state index contributed by atoms with van der Waals surface area (Å²) in [6.07, 6.45) is 2.28. The van der Waals surface area contributed by atoms with E-state index in [9.17, 15) is 0 Å². The summed E-state index contributed by atoms with van der Waals surface area (Å²) < 4.78 is 0. The van der Waals surface area contributed by atoms with Gasteiger partial charge in [-0.05, 0) is 35.3 Å².